The normalized spacial score (nSPS) is 11.0. The van der Waals surface area contributed by atoms with Gasteiger partial charge in [0.15, 0.2) is 0 Å². The molecule has 0 aliphatic heterocycles. The van der Waals surface area contributed by atoms with Gasteiger partial charge in [-0.3, -0.25) is 4.98 Å². The molecule has 112 valence electrons. The fourth-order valence-electron chi connectivity index (χ4n) is 2.54. The molecule has 0 fully saturated rings. The zero-order valence-corrected chi connectivity index (χ0v) is 13.4. The van der Waals surface area contributed by atoms with E-state index in [9.17, 15) is 0 Å². The third-order valence-electron chi connectivity index (χ3n) is 3.65. The highest BCUT2D eigenvalue weighted by Crippen LogP contribution is 2.10. The fourth-order valence-corrected chi connectivity index (χ4v) is 2.54. The van der Waals surface area contributed by atoms with E-state index >= 15 is 0 Å². The molecule has 2 heteroatoms. The highest BCUT2D eigenvalue weighted by molar-refractivity contribution is 5.23. The molecule has 0 spiro atoms. The van der Waals surface area contributed by atoms with Crippen molar-refractivity contribution >= 4 is 0 Å². The van der Waals surface area contributed by atoms with Crippen LogP contribution in [0.3, 0.4) is 0 Å². The average molecular weight is 282 g/mol. The quantitative estimate of drug-likeness (QED) is 0.826. The summed E-state index contributed by atoms with van der Waals surface area (Å²) in [5, 5.41) is 3.49. The highest BCUT2D eigenvalue weighted by Gasteiger charge is 2.02. The predicted molar refractivity (Wildman–Crippen MR) is 89.1 cm³/mol. The molecule has 0 amide bonds. The summed E-state index contributed by atoms with van der Waals surface area (Å²) in [7, 11) is 0. The summed E-state index contributed by atoms with van der Waals surface area (Å²) in [5.74, 6) is 0.714. The second kappa shape index (κ2) is 7.94. The Morgan fingerprint density at radius 1 is 1.00 bits per heavy atom. The van der Waals surface area contributed by atoms with Crippen molar-refractivity contribution in [2.45, 2.75) is 46.7 Å². The Balaban J connectivity index is 1.86. The molecule has 0 aliphatic rings. The standard InChI is InChI=1S/C19H26N2/c1-4-18-6-5-11-21-19(18)14-20-13-17-9-7-16(8-10-17)12-15(2)3/h5-11,15,20H,4,12-14H2,1-3H3. The number of benzene rings is 1. The first-order valence-electron chi connectivity index (χ1n) is 7.90. The number of hydrogen-bond donors (Lipinski definition) is 1. The van der Waals surface area contributed by atoms with Crippen LogP contribution in [0.5, 0.6) is 0 Å². The van der Waals surface area contributed by atoms with E-state index in [1.54, 1.807) is 0 Å². The third kappa shape index (κ3) is 4.98. The Morgan fingerprint density at radius 2 is 1.71 bits per heavy atom. The molecule has 0 atom stereocenters. The van der Waals surface area contributed by atoms with E-state index in [1.807, 2.05) is 12.3 Å². The molecular formula is C19H26N2. The largest absolute Gasteiger partial charge is 0.307 e. The summed E-state index contributed by atoms with van der Waals surface area (Å²) in [6, 6.07) is 13.1. The number of aromatic nitrogens is 1. The van der Waals surface area contributed by atoms with Crippen LogP contribution >= 0.6 is 0 Å². The van der Waals surface area contributed by atoms with E-state index in [0.29, 0.717) is 5.92 Å². The second-order valence-corrected chi connectivity index (χ2v) is 5.98. The summed E-state index contributed by atoms with van der Waals surface area (Å²) < 4.78 is 0. The fraction of sp³-hybridized carbons (Fsp3) is 0.421. The molecule has 2 rings (SSSR count). The van der Waals surface area contributed by atoms with Gasteiger partial charge in [-0.25, -0.2) is 0 Å². The lowest BCUT2D eigenvalue weighted by molar-refractivity contribution is 0.645. The Bertz CT molecular complexity index is 544. The van der Waals surface area contributed by atoms with Gasteiger partial charge in [0.1, 0.15) is 0 Å². The monoisotopic (exact) mass is 282 g/mol. The van der Waals surface area contributed by atoms with Crippen LogP contribution in [-0.4, -0.2) is 4.98 Å². The summed E-state index contributed by atoms with van der Waals surface area (Å²) in [6.07, 6.45) is 4.06. The van der Waals surface area contributed by atoms with Crippen LogP contribution in [0.1, 0.15) is 43.2 Å². The molecule has 1 aromatic carbocycles. The van der Waals surface area contributed by atoms with E-state index in [-0.39, 0.29) is 0 Å². The molecule has 1 heterocycles. The van der Waals surface area contributed by atoms with E-state index in [4.69, 9.17) is 0 Å². The number of nitrogens with one attached hydrogen (secondary N) is 1. The number of rotatable bonds is 7. The number of aryl methyl sites for hydroxylation is 1. The smallest absolute Gasteiger partial charge is 0.0573 e. The predicted octanol–water partition coefficient (Wildman–Crippen LogP) is 4.13. The first-order valence-corrected chi connectivity index (χ1v) is 7.90. The second-order valence-electron chi connectivity index (χ2n) is 5.98. The maximum atomic E-state index is 4.46. The number of pyridine rings is 1. The molecule has 0 radical (unpaired) electrons. The zero-order chi connectivity index (χ0) is 15.1. The lowest BCUT2D eigenvalue weighted by atomic mass is 10.0. The van der Waals surface area contributed by atoms with Crippen LogP contribution in [0.2, 0.25) is 0 Å². The number of nitrogens with zero attached hydrogens (tertiary/aromatic N) is 1. The topological polar surface area (TPSA) is 24.9 Å². The molecule has 1 aromatic heterocycles. The van der Waals surface area contributed by atoms with Gasteiger partial charge < -0.3 is 5.32 Å². The lowest BCUT2D eigenvalue weighted by Crippen LogP contribution is -2.15. The lowest BCUT2D eigenvalue weighted by Gasteiger charge is -2.09. The van der Waals surface area contributed by atoms with E-state index < -0.39 is 0 Å². The molecular weight excluding hydrogens is 256 g/mol. The molecule has 0 unspecified atom stereocenters. The van der Waals surface area contributed by atoms with Gasteiger partial charge in [0, 0.05) is 19.3 Å². The first kappa shape index (κ1) is 15.7. The molecule has 2 aromatic rings. The Morgan fingerprint density at radius 3 is 2.38 bits per heavy atom. The molecule has 1 N–H and O–H groups in total. The van der Waals surface area contributed by atoms with E-state index in [1.165, 1.54) is 16.7 Å². The maximum Gasteiger partial charge on any atom is 0.0573 e. The van der Waals surface area contributed by atoms with Gasteiger partial charge in [0.2, 0.25) is 0 Å². The van der Waals surface area contributed by atoms with Crippen molar-refractivity contribution in [2.24, 2.45) is 5.92 Å². The van der Waals surface area contributed by atoms with E-state index in [0.717, 1.165) is 31.6 Å². The summed E-state index contributed by atoms with van der Waals surface area (Å²) in [6.45, 7) is 8.41. The van der Waals surface area contributed by atoms with Crippen molar-refractivity contribution < 1.29 is 0 Å². The van der Waals surface area contributed by atoms with Crippen molar-refractivity contribution in [2.75, 3.05) is 0 Å². The molecule has 21 heavy (non-hydrogen) atoms. The van der Waals surface area contributed by atoms with Crippen molar-refractivity contribution in [3.05, 3.63) is 65.0 Å². The highest BCUT2D eigenvalue weighted by atomic mass is 14.9. The van der Waals surface area contributed by atoms with Crippen LogP contribution in [0.15, 0.2) is 42.6 Å². The Labute approximate surface area is 128 Å². The zero-order valence-electron chi connectivity index (χ0n) is 13.4. The molecule has 0 saturated heterocycles. The van der Waals surface area contributed by atoms with Crippen LogP contribution in [-0.2, 0) is 25.9 Å². The van der Waals surface area contributed by atoms with Gasteiger partial charge in [-0.15, -0.1) is 0 Å². The summed E-state index contributed by atoms with van der Waals surface area (Å²) in [5.41, 5.74) is 5.25. The molecule has 2 nitrogen and oxygen atoms in total. The van der Waals surface area contributed by atoms with Crippen molar-refractivity contribution in [3.63, 3.8) is 0 Å². The molecule has 0 saturated carbocycles. The third-order valence-corrected chi connectivity index (χ3v) is 3.65. The average Bonchev–Trinajstić information content (AvgIpc) is 2.49. The Kier molecular flexibility index (Phi) is 5.94. The van der Waals surface area contributed by atoms with Gasteiger partial charge in [-0.05, 0) is 41.5 Å². The maximum absolute atomic E-state index is 4.46. The minimum Gasteiger partial charge on any atom is -0.307 e. The van der Waals surface area contributed by atoms with Crippen molar-refractivity contribution in [1.29, 1.82) is 0 Å². The SMILES string of the molecule is CCc1cccnc1CNCc1ccc(CC(C)C)cc1. The van der Waals surface area contributed by atoms with Crippen LogP contribution in [0.4, 0.5) is 0 Å². The van der Waals surface area contributed by atoms with Gasteiger partial charge in [-0.1, -0.05) is 51.1 Å². The molecule has 0 aliphatic carbocycles. The summed E-state index contributed by atoms with van der Waals surface area (Å²) in [4.78, 5) is 4.46. The van der Waals surface area contributed by atoms with Crippen LogP contribution < -0.4 is 5.32 Å². The summed E-state index contributed by atoms with van der Waals surface area (Å²) >= 11 is 0. The van der Waals surface area contributed by atoms with Crippen molar-refractivity contribution in [3.8, 4) is 0 Å². The van der Waals surface area contributed by atoms with Crippen molar-refractivity contribution in [1.82, 2.24) is 10.3 Å². The minimum absolute atomic E-state index is 0.714. The van der Waals surface area contributed by atoms with Gasteiger partial charge in [0.25, 0.3) is 0 Å². The number of hydrogen-bond acceptors (Lipinski definition) is 2. The Hall–Kier alpha value is -1.67. The van der Waals surface area contributed by atoms with Crippen LogP contribution in [0, 0.1) is 5.92 Å². The van der Waals surface area contributed by atoms with Gasteiger partial charge in [0.05, 0.1) is 5.69 Å². The van der Waals surface area contributed by atoms with E-state index in [2.05, 4.69) is 61.4 Å². The minimum atomic E-state index is 0.714. The van der Waals surface area contributed by atoms with Crippen LogP contribution in [0.25, 0.3) is 0 Å². The van der Waals surface area contributed by atoms with Gasteiger partial charge in [-0.2, -0.15) is 0 Å². The molecule has 0 bridgehead atoms. The van der Waals surface area contributed by atoms with Gasteiger partial charge >= 0.3 is 0 Å². The first-order chi connectivity index (χ1) is 10.2.